The first-order chi connectivity index (χ1) is 7.54. The number of methoxy groups -OCH3 is 1. The Bertz CT molecular complexity index is 423. The maximum Gasteiger partial charge on any atom is 0.250 e. The van der Waals surface area contributed by atoms with E-state index in [1.807, 2.05) is 0 Å². The van der Waals surface area contributed by atoms with Crippen molar-refractivity contribution in [3.63, 3.8) is 0 Å². The first-order valence-electron chi connectivity index (χ1n) is 4.42. The predicted octanol–water partition coefficient (Wildman–Crippen LogP) is 1.04. The van der Waals surface area contributed by atoms with Crippen molar-refractivity contribution in [2.45, 2.75) is 0 Å². The molecule has 6 heteroatoms. The van der Waals surface area contributed by atoms with Crippen molar-refractivity contribution in [2.75, 3.05) is 19.0 Å². The largest absolute Gasteiger partial charge is 0.389 e. The number of carbonyl (C=O) groups is 1. The number of ether oxygens (including phenoxy) is 1. The number of nitrogens with one attached hydrogen (secondary N) is 1. The van der Waals surface area contributed by atoms with Gasteiger partial charge in [0.05, 0.1) is 0 Å². The van der Waals surface area contributed by atoms with E-state index in [0.717, 1.165) is 0 Å². The summed E-state index contributed by atoms with van der Waals surface area (Å²) >= 11 is 4.67. The van der Waals surface area contributed by atoms with Gasteiger partial charge in [-0.3, -0.25) is 4.79 Å². The molecule has 0 aliphatic heterocycles. The fourth-order valence-corrected chi connectivity index (χ4v) is 1.28. The van der Waals surface area contributed by atoms with Crippen LogP contribution in [0.25, 0.3) is 0 Å². The minimum Gasteiger partial charge on any atom is -0.389 e. The van der Waals surface area contributed by atoms with Crippen LogP contribution in [0.3, 0.4) is 0 Å². The van der Waals surface area contributed by atoms with Crippen LogP contribution in [0.4, 0.5) is 10.1 Å². The lowest BCUT2D eigenvalue weighted by atomic mass is 10.2. The van der Waals surface area contributed by atoms with Crippen LogP contribution in [0.1, 0.15) is 5.56 Å². The number of anilines is 1. The van der Waals surface area contributed by atoms with Crippen molar-refractivity contribution in [1.82, 2.24) is 0 Å². The highest BCUT2D eigenvalue weighted by Gasteiger charge is 2.08. The van der Waals surface area contributed by atoms with Gasteiger partial charge in [-0.1, -0.05) is 12.2 Å². The Morgan fingerprint density at radius 3 is 2.88 bits per heavy atom. The number of rotatable bonds is 4. The lowest BCUT2D eigenvalue weighted by Gasteiger charge is -2.07. The molecule has 1 aromatic rings. The average Bonchev–Trinajstić information content (AvgIpc) is 2.21. The molecule has 0 aromatic heterocycles. The maximum absolute atomic E-state index is 13.2. The standard InChI is InChI=1S/C10H11FN2O2S/c1-15-5-9(14)13-6-2-3-8(11)7(4-6)10(12)16/h2-4H,5H2,1H3,(H2,12,16)(H,13,14). The monoisotopic (exact) mass is 242 g/mol. The maximum atomic E-state index is 13.2. The molecule has 0 unspecified atom stereocenters. The van der Waals surface area contributed by atoms with Gasteiger partial charge in [-0.05, 0) is 18.2 Å². The molecule has 86 valence electrons. The third-order valence-electron chi connectivity index (χ3n) is 1.79. The fraction of sp³-hybridized carbons (Fsp3) is 0.200. The Morgan fingerprint density at radius 1 is 1.62 bits per heavy atom. The molecule has 0 atom stereocenters. The number of carbonyl (C=O) groups excluding carboxylic acids is 1. The number of benzene rings is 1. The summed E-state index contributed by atoms with van der Waals surface area (Å²) in [4.78, 5) is 11.1. The van der Waals surface area contributed by atoms with Gasteiger partial charge in [0.15, 0.2) is 0 Å². The molecule has 0 spiro atoms. The summed E-state index contributed by atoms with van der Waals surface area (Å²) in [7, 11) is 1.41. The van der Waals surface area contributed by atoms with E-state index in [4.69, 9.17) is 5.73 Å². The Morgan fingerprint density at radius 2 is 2.31 bits per heavy atom. The molecule has 0 aliphatic rings. The Labute approximate surface area is 97.6 Å². The average molecular weight is 242 g/mol. The molecule has 0 saturated heterocycles. The van der Waals surface area contributed by atoms with Crippen LogP contribution in [-0.4, -0.2) is 24.6 Å². The van der Waals surface area contributed by atoms with Crippen molar-refractivity contribution in [3.05, 3.63) is 29.6 Å². The minimum atomic E-state index is -0.516. The van der Waals surface area contributed by atoms with E-state index in [1.165, 1.54) is 25.3 Å². The van der Waals surface area contributed by atoms with Crippen LogP contribution >= 0.6 is 12.2 Å². The molecular weight excluding hydrogens is 231 g/mol. The van der Waals surface area contributed by atoms with Crippen molar-refractivity contribution in [1.29, 1.82) is 0 Å². The molecule has 0 aliphatic carbocycles. The van der Waals surface area contributed by atoms with Gasteiger partial charge < -0.3 is 15.8 Å². The number of hydrogen-bond donors (Lipinski definition) is 2. The first-order valence-corrected chi connectivity index (χ1v) is 4.83. The van der Waals surface area contributed by atoms with E-state index in [-0.39, 0.29) is 23.1 Å². The van der Waals surface area contributed by atoms with Gasteiger partial charge in [-0.15, -0.1) is 0 Å². The molecule has 16 heavy (non-hydrogen) atoms. The highest BCUT2D eigenvalue weighted by atomic mass is 32.1. The van der Waals surface area contributed by atoms with Crippen LogP contribution in [0, 0.1) is 5.82 Å². The first kappa shape index (κ1) is 12.5. The highest BCUT2D eigenvalue weighted by molar-refractivity contribution is 7.80. The third kappa shape index (κ3) is 3.25. The smallest absolute Gasteiger partial charge is 0.250 e. The Balaban J connectivity index is 2.87. The SMILES string of the molecule is COCC(=O)Nc1ccc(F)c(C(N)=S)c1. The zero-order valence-corrected chi connectivity index (χ0v) is 9.44. The molecule has 0 heterocycles. The molecular formula is C10H11FN2O2S. The summed E-state index contributed by atoms with van der Waals surface area (Å²) in [5, 5.41) is 2.52. The number of halogens is 1. The second-order valence-corrected chi connectivity index (χ2v) is 3.48. The molecule has 0 radical (unpaired) electrons. The molecule has 1 rings (SSSR count). The molecule has 3 N–H and O–H groups in total. The quantitative estimate of drug-likeness (QED) is 0.774. The Kier molecular flexibility index (Phi) is 4.33. The van der Waals surface area contributed by atoms with Crippen molar-refractivity contribution in [3.8, 4) is 0 Å². The van der Waals surface area contributed by atoms with E-state index >= 15 is 0 Å². The Hall–Kier alpha value is -1.53. The topological polar surface area (TPSA) is 64.3 Å². The van der Waals surface area contributed by atoms with Crippen molar-refractivity contribution in [2.24, 2.45) is 5.73 Å². The summed E-state index contributed by atoms with van der Waals surface area (Å²) < 4.78 is 17.8. The molecule has 0 bridgehead atoms. The summed E-state index contributed by atoms with van der Waals surface area (Å²) in [5.74, 6) is -0.847. The van der Waals surface area contributed by atoms with Crippen LogP contribution in [0.15, 0.2) is 18.2 Å². The molecule has 0 saturated carbocycles. The van der Waals surface area contributed by atoms with E-state index < -0.39 is 5.82 Å². The number of nitrogens with two attached hydrogens (primary N) is 1. The van der Waals surface area contributed by atoms with Gasteiger partial charge >= 0.3 is 0 Å². The van der Waals surface area contributed by atoms with Crippen molar-refractivity contribution < 1.29 is 13.9 Å². The molecule has 1 aromatic carbocycles. The van der Waals surface area contributed by atoms with Crippen LogP contribution < -0.4 is 11.1 Å². The van der Waals surface area contributed by atoms with Gasteiger partial charge in [0.25, 0.3) is 0 Å². The third-order valence-corrected chi connectivity index (χ3v) is 2.01. The lowest BCUT2D eigenvalue weighted by molar-refractivity contribution is -0.119. The van der Waals surface area contributed by atoms with E-state index in [1.54, 1.807) is 0 Å². The summed E-state index contributed by atoms with van der Waals surface area (Å²) in [6, 6.07) is 3.99. The van der Waals surface area contributed by atoms with E-state index in [9.17, 15) is 9.18 Å². The fourth-order valence-electron chi connectivity index (χ4n) is 1.12. The second kappa shape index (κ2) is 5.53. The molecule has 0 fully saturated rings. The summed E-state index contributed by atoms with van der Waals surface area (Å²) in [5.41, 5.74) is 5.85. The highest BCUT2D eigenvalue weighted by Crippen LogP contribution is 2.14. The van der Waals surface area contributed by atoms with Crippen LogP contribution in [0.2, 0.25) is 0 Å². The minimum absolute atomic E-state index is 0.0552. The summed E-state index contributed by atoms with van der Waals surface area (Å²) in [6.07, 6.45) is 0. The van der Waals surface area contributed by atoms with E-state index in [0.29, 0.717) is 5.69 Å². The lowest BCUT2D eigenvalue weighted by Crippen LogP contribution is -2.18. The normalized spacial score (nSPS) is 9.88. The second-order valence-electron chi connectivity index (χ2n) is 3.04. The summed E-state index contributed by atoms with van der Waals surface area (Å²) in [6.45, 7) is -0.0697. The molecule has 1 amide bonds. The zero-order valence-electron chi connectivity index (χ0n) is 8.62. The van der Waals surface area contributed by atoms with E-state index in [2.05, 4.69) is 22.3 Å². The zero-order chi connectivity index (χ0) is 12.1. The number of hydrogen-bond acceptors (Lipinski definition) is 3. The van der Waals surface area contributed by atoms with Gasteiger partial charge in [-0.25, -0.2) is 4.39 Å². The number of amides is 1. The van der Waals surface area contributed by atoms with Crippen molar-refractivity contribution >= 4 is 28.8 Å². The number of thiocarbonyl (C=S) groups is 1. The predicted molar refractivity (Wildman–Crippen MR) is 62.8 cm³/mol. The molecule has 4 nitrogen and oxygen atoms in total. The van der Waals surface area contributed by atoms with Gasteiger partial charge in [0.2, 0.25) is 5.91 Å². The van der Waals surface area contributed by atoms with Gasteiger partial charge in [0, 0.05) is 18.4 Å². The van der Waals surface area contributed by atoms with Crippen LogP contribution in [-0.2, 0) is 9.53 Å². The van der Waals surface area contributed by atoms with Crippen LogP contribution in [0.5, 0.6) is 0 Å². The van der Waals surface area contributed by atoms with Gasteiger partial charge in [0.1, 0.15) is 17.4 Å². The van der Waals surface area contributed by atoms with Gasteiger partial charge in [-0.2, -0.15) is 0 Å².